The first-order chi connectivity index (χ1) is 13.4. The number of rotatable bonds is 5. The summed E-state index contributed by atoms with van der Waals surface area (Å²) in [7, 11) is 0. The third-order valence-corrected chi connectivity index (χ3v) is 5.47. The van der Waals surface area contributed by atoms with Crippen LogP contribution in [0.4, 0.5) is 0 Å². The first-order valence-corrected chi connectivity index (χ1v) is 10.3. The van der Waals surface area contributed by atoms with Crippen molar-refractivity contribution in [2.24, 2.45) is 10.5 Å². The van der Waals surface area contributed by atoms with Gasteiger partial charge in [-0.2, -0.15) is 5.10 Å². The van der Waals surface area contributed by atoms with Crippen molar-refractivity contribution in [3.63, 3.8) is 0 Å². The molecule has 0 saturated carbocycles. The minimum Gasteiger partial charge on any atom is -0.354 e. The van der Waals surface area contributed by atoms with E-state index in [0.717, 1.165) is 37.0 Å². The quantitative estimate of drug-likeness (QED) is 0.457. The number of nitrogens with zero attached hydrogens (tertiary/aromatic N) is 2. The predicted octanol–water partition coefficient (Wildman–Crippen LogP) is 5.51. The number of aryl methyl sites for hydroxylation is 1. The molecule has 2 heterocycles. The molecule has 1 aliphatic carbocycles. The minimum absolute atomic E-state index is 0.146. The van der Waals surface area contributed by atoms with Crippen LogP contribution in [-0.4, -0.2) is 22.2 Å². The lowest BCUT2D eigenvalue weighted by Gasteiger charge is -2.32. The summed E-state index contributed by atoms with van der Waals surface area (Å²) in [5.74, 6) is 0. The molecule has 0 atom stereocenters. The van der Waals surface area contributed by atoms with E-state index in [1.54, 1.807) is 0 Å². The van der Waals surface area contributed by atoms with Crippen molar-refractivity contribution in [2.45, 2.75) is 53.4 Å². The van der Waals surface area contributed by atoms with E-state index in [1.165, 1.54) is 38.8 Å². The lowest BCUT2D eigenvalue weighted by Crippen LogP contribution is -2.30. The lowest BCUT2D eigenvalue weighted by molar-refractivity contribution is 0.367. The van der Waals surface area contributed by atoms with Crippen molar-refractivity contribution in [1.82, 2.24) is 15.4 Å². The van der Waals surface area contributed by atoms with Crippen LogP contribution < -0.4 is 5.43 Å². The van der Waals surface area contributed by atoms with E-state index in [2.05, 4.69) is 62.0 Å². The first-order valence-electron chi connectivity index (χ1n) is 10.3. The van der Waals surface area contributed by atoms with Gasteiger partial charge in [0.05, 0.1) is 29.2 Å². The van der Waals surface area contributed by atoms with Crippen LogP contribution in [0.1, 0.15) is 57.5 Å². The van der Waals surface area contributed by atoms with Gasteiger partial charge < -0.3 is 10.4 Å². The molecule has 1 aromatic carbocycles. The highest BCUT2D eigenvalue weighted by Gasteiger charge is 2.33. The fourth-order valence-electron chi connectivity index (χ4n) is 4.33. The molecule has 4 nitrogen and oxygen atoms in total. The van der Waals surface area contributed by atoms with E-state index < -0.39 is 0 Å². The Morgan fingerprint density at radius 3 is 2.82 bits per heavy atom. The molecule has 0 fully saturated rings. The summed E-state index contributed by atoms with van der Waals surface area (Å²) in [6, 6.07) is 8.55. The summed E-state index contributed by atoms with van der Waals surface area (Å²) in [5, 5.41) is 7.33. The molecule has 3 aromatic rings. The molecule has 0 aliphatic heterocycles. The monoisotopic (exact) mass is 374 g/mol. The van der Waals surface area contributed by atoms with Gasteiger partial charge in [0.15, 0.2) is 0 Å². The third kappa shape index (κ3) is 3.32. The van der Waals surface area contributed by atoms with Gasteiger partial charge in [0.1, 0.15) is 0 Å². The summed E-state index contributed by atoms with van der Waals surface area (Å²) >= 11 is 0. The van der Waals surface area contributed by atoms with E-state index in [1.807, 2.05) is 6.92 Å². The molecule has 0 spiro atoms. The summed E-state index contributed by atoms with van der Waals surface area (Å²) < 4.78 is 0. The molecule has 0 saturated heterocycles. The van der Waals surface area contributed by atoms with Gasteiger partial charge in [-0.3, -0.25) is 4.98 Å². The van der Waals surface area contributed by atoms with Crippen LogP contribution in [0.3, 0.4) is 0 Å². The summed E-state index contributed by atoms with van der Waals surface area (Å²) in [4.78, 5) is 8.89. The number of aromatic amines is 1. The molecule has 0 radical (unpaired) electrons. The summed E-state index contributed by atoms with van der Waals surface area (Å²) in [5.41, 5.74) is 11.5. The van der Waals surface area contributed by atoms with Gasteiger partial charge in [-0.25, -0.2) is 0 Å². The third-order valence-electron chi connectivity index (χ3n) is 5.47. The molecular weight excluding hydrogens is 344 g/mol. The fraction of sp³-hybridized carbons (Fsp3) is 0.417. The lowest BCUT2D eigenvalue weighted by atomic mass is 9.74. The zero-order chi connectivity index (χ0) is 19.9. The zero-order valence-electron chi connectivity index (χ0n) is 17.4. The maximum Gasteiger partial charge on any atom is 0.0720 e. The normalized spacial score (nSPS) is 17.2. The van der Waals surface area contributed by atoms with Crippen molar-refractivity contribution in [3.05, 3.63) is 53.4 Å². The van der Waals surface area contributed by atoms with Crippen LogP contribution >= 0.6 is 0 Å². The average molecular weight is 375 g/mol. The molecule has 4 rings (SSSR count). The zero-order valence-corrected chi connectivity index (χ0v) is 17.4. The Morgan fingerprint density at radius 1 is 1.29 bits per heavy atom. The molecule has 28 heavy (non-hydrogen) atoms. The number of hydrogen-bond donors (Lipinski definition) is 2. The van der Waals surface area contributed by atoms with Crippen LogP contribution in [0.2, 0.25) is 0 Å². The first kappa shape index (κ1) is 18.7. The Kier molecular flexibility index (Phi) is 4.74. The Bertz CT molecular complexity index is 1080. The fourth-order valence-corrected chi connectivity index (χ4v) is 4.33. The van der Waals surface area contributed by atoms with E-state index in [9.17, 15) is 0 Å². The van der Waals surface area contributed by atoms with E-state index in [4.69, 9.17) is 10.1 Å². The van der Waals surface area contributed by atoms with Crippen molar-refractivity contribution < 1.29 is 0 Å². The number of fused-ring (bicyclic) bond motifs is 5. The molecule has 0 unspecified atom stereocenters. The summed E-state index contributed by atoms with van der Waals surface area (Å²) in [6.07, 6.45) is 3.99. The van der Waals surface area contributed by atoms with Crippen LogP contribution in [0.25, 0.3) is 21.8 Å². The number of hydrogen-bond acceptors (Lipinski definition) is 3. The van der Waals surface area contributed by atoms with Crippen molar-refractivity contribution in [2.75, 3.05) is 6.54 Å². The highest BCUT2D eigenvalue weighted by atomic mass is 15.3. The molecule has 0 bridgehead atoms. The van der Waals surface area contributed by atoms with Crippen molar-refractivity contribution in [1.29, 1.82) is 0 Å². The number of para-hydroxylation sites is 1. The van der Waals surface area contributed by atoms with Gasteiger partial charge in [-0.1, -0.05) is 57.5 Å². The number of hydrazone groups is 1. The highest BCUT2D eigenvalue weighted by Crippen LogP contribution is 2.40. The Hall–Kier alpha value is -2.62. The Balaban J connectivity index is 1.99. The van der Waals surface area contributed by atoms with E-state index >= 15 is 0 Å². The van der Waals surface area contributed by atoms with E-state index in [0.29, 0.717) is 6.54 Å². The molecule has 1 aliphatic rings. The maximum atomic E-state index is 5.20. The van der Waals surface area contributed by atoms with Crippen LogP contribution in [0, 0.1) is 5.41 Å². The van der Waals surface area contributed by atoms with Gasteiger partial charge in [-0.15, -0.1) is 0 Å². The topological polar surface area (TPSA) is 53.1 Å². The molecule has 4 heteroatoms. The second kappa shape index (κ2) is 7.08. The largest absolute Gasteiger partial charge is 0.354 e. The maximum absolute atomic E-state index is 5.20. The van der Waals surface area contributed by atoms with E-state index in [-0.39, 0.29) is 5.41 Å². The Labute approximate surface area is 167 Å². The van der Waals surface area contributed by atoms with Crippen LogP contribution in [0.15, 0.2) is 41.5 Å². The second-order valence-electron chi connectivity index (χ2n) is 8.92. The van der Waals surface area contributed by atoms with Crippen LogP contribution in [0.5, 0.6) is 0 Å². The van der Waals surface area contributed by atoms with Gasteiger partial charge >= 0.3 is 0 Å². The highest BCUT2D eigenvalue weighted by molar-refractivity contribution is 6.18. The van der Waals surface area contributed by atoms with Crippen molar-refractivity contribution in [3.8, 4) is 0 Å². The smallest absolute Gasteiger partial charge is 0.0720 e. The Morgan fingerprint density at radius 2 is 2.07 bits per heavy atom. The SMILES string of the molecule is C=C(C)CNN=C1CC(C)(C)Cc2nc(CCC)c3c([nH]c4ccccc43)c21. The molecule has 2 aromatic heterocycles. The number of pyridine rings is 1. The molecule has 146 valence electrons. The molecular formula is C24H30N4. The number of benzene rings is 1. The number of nitrogens with one attached hydrogen (secondary N) is 2. The standard InChI is InChI=1S/C24H30N4/c1-6-9-18-21-16-10-7-8-11-17(16)27-23(21)22-19(26-18)12-24(4,5)13-20(22)28-25-14-15(2)3/h7-8,10-11,25,27H,2,6,9,12-14H2,1,3-5H3. The second-order valence-corrected chi connectivity index (χ2v) is 8.92. The molecule has 2 N–H and O–H groups in total. The van der Waals surface area contributed by atoms with Crippen molar-refractivity contribution >= 4 is 27.5 Å². The number of H-pyrrole nitrogens is 1. The number of aromatic nitrogens is 2. The van der Waals surface area contributed by atoms with Gasteiger partial charge in [0.2, 0.25) is 0 Å². The minimum atomic E-state index is 0.146. The summed E-state index contributed by atoms with van der Waals surface area (Å²) in [6.45, 7) is 13.5. The predicted molar refractivity (Wildman–Crippen MR) is 119 cm³/mol. The van der Waals surface area contributed by atoms with Gasteiger partial charge in [0, 0.05) is 21.9 Å². The van der Waals surface area contributed by atoms with Gasteiger partial charge in [-0.05, 0) is 37.7 Å². The average Bonchev–Trinajstić information content (AvgIpc) is 2.99. The molecule has 0 amide bonds. The van der Waals surface area contributed by atoms with Gasteiger partial charge in [0.25, 0.3) is 0 Å². The van der Waals surface area contributed by atoms with Crippen LogP contribution in [-0.2, 0) is 12.8 Å².